The SMILES string of the molecule is CC(C)CN(CCC#N)S(=O)(=O)c1cccc(Cl)c1. The quantitative estimate of drug-likeness (QED) is 0.811. The Balaban J connectivity index is 3.08. The number of rotatable bonds is 6. The van der Waals surface area contributed by atoms with E-state index in [0.29, 0.717) is 11.6 Å². The molecule has 6 heteroatoms. The first-order valence-electron chi connectivity index (χ1n) is 6.00. The van der Waals surface area contributed by atoms with Gasteiger partial charge >= 0.3 is 0 Å². The Morgan fingerprint density at radius 3 is 2.63 bits per heavy atom. The number of nitriles is 1. The van der Waals surface area contributed by atoms with Crippen LogP contribution in [0.15, 0.2) is 29.2 Å². The van der Waals surface area contributed by atoms with Gasteiger partial charge in [0.15, 0.2) is 0 Å². The van der Waals surface area contributed by atoms with Crippen molar-refractivity contribution in [1.29, 1.82) is 5.26 Å². The predicted octanol–water partition coefficient (Wildman–Crippen LogP) is 2.90. The maximum atomic E-state index is 12.5. The third kappa shape index (κ3) is 4.50. The highest BCUT2D eigenvalue weighted by Crippen LogP contribution is 2.20. The highest BCUT2D eigenvalue weighted by atomic mass is 35.5. The van der Waals surface area contributed by atoms with Crippen LogP contribution >= 0.6 is 11.6 Å². The van der Waals surface area contributed by atoms with E-state index in [1.165, 1.54) is 16.4 Å². The molecule has 104 valence electrons. The predicted molar refractivity (Wildman–Crippen MR) is 75.3 cm³/mol. The molecule has 0 saturated heterocycles. The molecule has 0 atom stereocenters. The molecule has 1 aromatic carbocycles. The van der Waals surface area contributed by atoms with Crippen molar-refractivity contribution in [2.24, 2.45) is 5.92 Å². The second-order valence-electron chi connectivity index (χ2n) is 4.62. The van der Waals surface area contributed by atoms with Gasteiger partial charge in [-0.15, -0.1) is 0 Å². The van der Waals surface area contributed by atoms with Crippen molar-refractivity contribution in [3.8, 4) is 6.07 Å². The van der Waals surface area contributed by atoms with Gasteiger partial charge in [-0.2, -0.15) is 9.57 Å². The van der Waals surface area contributed by atoms with E-state index in [2.05, 4.69) is 0 Å². The number of halogens is 1. The number of benzene rings is 1. The highest BCUT2D eigenvalue weighted by Gasteiger charge is 2.24. The van der Waals surface area contributed by atoms with E-state index in [1.54, 1.807) is 12.1 Å². The van der Waals surface area contributed by atoms with Gasteiger partial charge in [-0.3, -0.25) is 0 Å². The Morgan fingerprint density at radius 2 is 2.11 bits per heavy atom. The van der Waals surface area contributed by atoms with E-state index in [-0.39, 0.29) is 23.8 Å². The zero-order valence-electron chi connectivity index (χ0n) is 11.0. The fourth-order valence-electron chi connectivity index (χ4n) is 1.67. The number of nitrogens with zero attached hydrogens (tertiary/aromatic N) is 2. The first kappa shape index (κ1) is 16.0. The fraction of sp³-hybridized carbons (Fsp3) is 0.462. The molecular weight excluding hydrogens is 284 g/mol. The summed E-state index contributed by atoms with van der Waals surface area (Å²) in [5, 5.41) is 9.02. The fourth-order valence-corrected chi connectivity index (χ4v) is 3.57. The van der Waals surface area contributed by atoms with Gasteiger partial charge in [0.05, 0.1) is 11.0 Å². The monoisotopic (exact) mass is 300 g/mol. The molecule has 0 N–H and O–H groups in total. The average Bonchev–Trinajstić information content (AvgIpc) is 2.34. The molecule has 0 saturated carbocycles. The number of hydrogen-bond acceptors (Lipinski definition) is 3. The maximum absolute atomic E-state index is 12.5. The third-order valence-corrected chi connectivity index (χ3v) is 4.57. The molecule has 1 rings (SSSR count). The lowest BCUT2D eigenvalue weighted by Crippen LogP contribution is -2.35. The van der Waals surface area contributed by atoms with E-state index in [9.17, 15) is 8.42 Å². The van der Waals surface area contributed by atoms with Crippen LogP contribution in [0.4, 0.5) is 0 Å². The largest absolute Gasteiger partial charge is 0.243 e. The second-order valence-corrected chi connectivity index (χ2v) is 7.00. The zero-order valence-corrected chi connectivity index (χ0v) is 12.6. The van der Waals surface area contributed by atoms with E-state index < -0.39 is 10.0 Å². The van der Waals surface area contributed by atoms with Crippen molar-refractivity contribution in [2.45, 2.75) is 25.2 Å². The summed E-state index contributed by atoms with van der Waals surface area (Å²) in [4.78, 5) is 0.165. The molecule has 0 aromatic heterocycles. The summed E-state index contributed by atoms with van der Waals surface area (Å²) < 4.78 is 26.3. The maximum Gasteiger partial charge on any atom is 0.243 e. The minimum absolute atomic E-state index is 0.165. The van der Waals surface area contributed by atoms with Crippen LogP contribution in [0.2, 0.25) is 5.02 Å². The lowest BCUT2D eigenvalue weighted by molar-refractivity contribution is 0.373. The van der Waals surface area contributed by atoms with Crippen molar-refractivity contribution >= 4 is 21.6 Å². The summed E-state index contributed by atoms with van der Waals surface area (Å²) in [6.45, 7) is 4.46. The van der Waals surface area contributed by atoms with Gasteiger partial charge in [-0.25, -0.2) is 8.42 Å². The van der Waals surface area contributed by atoms with E-state index in [0.717, 1.165) is 0 Å². The Kier molecular flexibility index (Phi) is 5.80. The van der Waals surface area contributed by atoms with Crippen LogP contribution in [-0.2, 0) is 10.0 Å². The van der Waals surface area contributed by atoms with Crippen LogP contribution < -0.4 is 0 Å². The Bertz CT molecular complexity index is 564. The van der Waals surface area contributed by atoms with E-state index in [1.807, 2.05) is 19.9 Å². The molecular formula is C13H17ClN2O2S. The summed E-state index contributed by atoms with van der Waals surface area (Å²) in [7, 11) is -3.59. The van der Waals surface area contributed by atoms with Crippen LogP contribution in [0.5, 0.6) is 0 Å². The first-order valence-corrected chi connectivity index (χ1v) is 7.82. The minimum Gasteiger partial charge on any atom is -0.207 e. The van der Waals surface area contributed by atoms with Crippen molar-refractivity contribution in [3.05, 3.63) is 29.3 Å². The number of hydrogen-bond donors (Lipinski definition) is 0. The molecule has 0 bridgehead atoms. The van der Waals surface area contributed by atoms with Crippen LogP contribution in [0.25, 0.3) is 0 Å². The summed E-state index contributed by atoms with van der Waals surface area (Å²) >= 11 is 5.83. The summed E-state index contributed by atoms with van der Waals surface area (Å²) in [6, 6.07) is 8.15. The molecule has 0 heterocycles. The Morgan fingerprint density at radius 1 is 1.42 bits per heavy atom. The van der Waals surface area contributed by atoms with Gasteiger partial charge in [0, 0.05) is 24.5 Å². The Hall–Kier alpha value is -1.09. The highest BCUT2D eigenvalue weighted by molar-refractivity contribution is 7.89. The van der Waals surface area contributed by atoms with Gasteiger partial charge in [0.1, 0.15) is 0 Å². The van der Waals surface area contributed by atoms with Crippen molar-refractivity contribution in [1.82, 2.24) is 4.31 Å². The van der Waals surface area contributed by atoms with Crippen molar-refractivity contribution in [2.75, 3.05) is 13.1 Å². The zero-order chi connectivity index (χ0) is 14.5. The van der Waals surface area contributed by atoms with Gasteiger partial charge in [-0.05, 0) is 24.1 Å². The second kappa shape index (κ2) is 6.90. The topological polar surface area (TPSA) is 61.2 Å². The van der Waals surface area contributed by atoms with E-state index >= 15 is 0 Å². The minimum atomic E-state index is -3.59. The molecule has 0 amide bonds. The van der Waals surface area contributed by atoms with Crippen LogP contribution in [0.1, 0.15) is 20.3 Å². The molecule has 0 unspecified atom stereocenters. The average molecular weight is 301 g/mol. The van der Waals surface area contributed by atoms with Crippen LogP contribution in [-0.4, -0.2) is 25.8 Å². The molecule has 0 fully saturated rings. The first-order chi connectivity index (χ1) is 8.87. The molecule has 1 aromatic rings. The van der Waals surface area contributed by atoms with Gasteiger partial charge in [0.25, 0.3) is 0 Å². The molecule has 0 aliphatic rings. The lowest BCUT2D eigenvalue weighted by atomic mass is 10.2. The molecule has 19 heavy (non-hydrogen) atoms. The standard InChI is InChI=1S/C13H17ClN2O2S/c1-11(2)10-16(8-4-7-15)19(17,18)13-6-3-5-12(14)9-13/h3,5-6,9,11H,4,8,10H2,1-2H3. The number of sulfonamides is 1. The smallest absolute Gasteiger partial charge is 0.207 e. The molecule has 0 radical (unpaired) electrons. The lowest BCUT2D eigenvalue weighted by Gasteiger charge is -2.23. The van der Waals surface area contributed by atoms with Gasteiger partial charge < -0.3 is 0 Å². The van der Waals surface area contributed by atoms with Crippen LogP contribution in [0.3, 0.4) is 0 Å². The van der Waals surface area contributed by atoms with Crippen molar-refractivity contribution in [3.63, 3.8) is 0 Å². The van der Waals surface area contributed by atoms with Gasteiger partial charge in [0.2, 0.25) is 10.0 Å². The summed E-state index contributed by atoms with van der Waals surface area (Å²) in [5.74, 6) is 0.188. The molecule has 0 spiro atoms. The van der Waals surface area contributed by atoms with E-state index in [4.69, 9.17) is 16.9 Å². The molecule has 4 nitrogen and oxygen atoms in total. The third-order valence-electron chi connectivity index (χ3n) is 2.48. The van der Waals surface area contributed by atoms with Crippen LogP contribution in [0, 0.1) is 17.2 Å². The Labute approximate surface area is 119 Å². The van der Waals surface area contributed by atoms with Crippen molar-refractivity contribution < 1.29 is 8.42 Å². The summed E-state index contributed by atoms with van der Waals surface area (Å²) in [6.07, 6.45) is 0.173. The molecule has 0 aliphatic carbocycles. The summed E-state index contributed by atoms with van der Waals surface area (Å²) in [5.41, 5.74) is 0. The normalized spacial score (nSPS) is 11.8. The van der Waals surface area contributed by atoms with Gasteiger partial charge in [-0.1, -0.05) is 31.5 Å². The molecule has 0 aliphatic heterocycles.